The van der Waals surface area contributed by atoms with Gasteiger partial charge in [0.1, 0.15) is 0 Å². The summed E-state index contributed by atoms with van der Waals surface area (Å²) in [7, 11) is 0. The van der Waals surface area contributed by atoms with E-state index in [4.69, 9.17) is 0 Å². The van der Waals surface area contributed by atoms with Crippen LogP contribution >= 0.6 is 11.8 Å². The number of nitrogens with one attached hydrogen (secondary N) is 1. The summed E-state index contributed by atoms with van der Waals surface area (Å²) in [5.74, 6) is 1.13. The highest BCUT2D eigenvalue weighted by Gasteiger charge is 2.35. The van der Waals surface area contributed by atoms with E-state index < -0.39 is 0 Å². The first-order valence-electron chi connectivity index (χ1n) is 6.61. The quantitative estimate of drug-likeness (QED) is 0.833. The SMILES string of the molecule is CSCCC(NC(=O)c1ccccc1)C(=O)C1CC1. The summed E-state index contributed by atoms with van der Waals surface area (Å²) in [4.78, 5) is 24.2. The first-order chi connectivity index (χ1) is 9.22. The molecule has 1 aromatic rings. The summed E-state index contributed by atoms with van der Waals surface area (Å²) in [5.41, 5.74) is 0.611. The Labute approximate surface area is 118 Å². The highest BCUT2D eigenvalue weighted by atomic mass is 32.2. The molecule has 19 heavy (non-hydrogen) atoms. The lowest BCUT2D eigenvalue weighted by molar-refractivity contribution is -0.122. The van der Waals surface area contributed by atoms with E-state index in [1.807, 2.05) is 24.5 Å². The van der Waals surface area contributed by atoms with Crippen molar-refractivity contribution in [3.05, 3.63) is 35.9 Å². The van der Waals surface area contributed by atoms with E-state index in [0.29, 0.717) is 5.56 Å². The van der Waals surface area contributed by atoms with Crippen molar-refractivity contribution in [2.24, 2.45) is 5.92 Å². The van der Waals surface area contributed by atoms with E-state index in [1.165, 1.54) is 0 Å². The Morgan fingerprint density at radius 1 is 1.32 bits per heavy atom. The van der Waals surface area contributed by atoms with Crippen LogP contribution in [0.25, 0.3) is 0 Å². The van der Waals surface area contributed by atoms with Gasteiger partial charge in [-0.05, 0) is 43.4 Å². The van der Waals surface area contributed by atoms with E-state index in [2.05, 4.69) is 5.32 Å². The highest BCUT2D eigenvalue weighted by Crippen LogP contribution is 2.31. The van der Waals surface area contributed by atoms with Crippen LogP contribution in [0.5, 0.6) is 0 Å². The Balaban J connectivity index is 1.98. The molecule has 0 spiro atoms. The third-order valence-electron chi connectivity index (χ3n) is 3.28. The average molecular weight is 277 g/mol. The molecule has 0 heterocycles. The van der Waals surface area contributed by atoms with Crippen LogP contribution in [0, 0.1) is 5.92 Å². The van der Waals surface area contributed by atoms with Gasteiger partial charge in [0.15, 0.2) is 5.78 Å². The van der Waals surface area contributed by atoms with Crippen LogP contribution in [-0.2, 0) is 4.79 Å². The van der Waals surface area contributed by atoms with Crippen LogP contribution in [0.4, 0.5) is 0 Å². The molecule has 4 heteroatoms. The van der Waals surface area contributed by atoms with Crippen molar-refractivity contribution in [1.29, 1.82) is 0 Å². The number of hydrogen-bond donors (Lipinski definition) is 1. The van der Waals surface area contributed by atoms with Crippen LogP contribution in [0.15, 0.2) is 30.3 Å². The number of carbonyl (C=O) groups is 2. The third-order valence-corrected chi connectivity index (χ3v) is 3.92. The molecule has 1 aromatic carbocycles. The van der Waals surface area contributed by atoms with E-state index in [-0.39, 0.29) is 23.7 Å². The van der Waals surface area contributed by atoms with Gasteiger partial charge in [0, 0.05) is 11.5 Å². The van der Waals surface area contributed by atoms with Crippen molar-refractivity contribution in [1.82, 2.24) is 5.32 Å². The molecule has 1 amide bonds. The van der Waals surface area contributed by atoms with E-state index >= 15 is 0 Å². The number of rotatable bonds is 7. The van der Waals surface area contributed by atoms with Gasteiger partial charge in [-0.2, -0.15) is 11.8 Å². The summed E-state index contributed by atoms with van der Waals surface area (Å²) < 4.78 is 0. The van der Waals surface area contributed by atoms with Crippen LogP contribution in [-0.4, -0.2) is 29.7 Å². The second-order valence-electron chi connectivity index (χ2n) is 4.85. The van der Waals surface area contributed by atoms with E-state index in [0.717, 1.165) is 25.0 Å². The standard InChI is InChI=1S/C15H19NO2S/c1-19-10-9-13(14(17)11-7-8-11)16-15(18)12-5-3-2-4-6-12/h2-6,11,13H,7-10H2,1H3,(H,16,18). The second kappa shape index (κ2) is 6.75. The van der Waals surface area contributed by atoms with Crippen molar-refractivity contribution >= 4 is 23.5 Å². The Morgan fingerprint density at radius 3 is 2.58 bits per heavy atom. The molecule has 0 bridgehead atoms. The average Bonchev–Trinajstić information content (AvgIpc) is 3.28. The number of carbonyl (C=O) groups excluding carboxylic acids is 2. The van der Waals surface area contributed by atoms with Crippen LogP contribution < -0.4 is 5.32 Å². The molecule has 1 fully saturated rings. The van der Waals surface area contributed by atoms with Gasteiger partial charge < -0.3 is 5.32 Å². The first kappa shape index (κ1) is 14.1. The zero-order chi connectivity index (χ0) is 13.7. The highest BCUT2D eigenvalue weighted by molar-refractivity contribution is 7.98. The topological polar surface area (TPSA) is 46.2 Å². The fourth-order valence-electron chi connectivity index (χ4n) is 2.00. The molecule has 2 rings (SSSR count). The Hall–Kier alpha value is -1.29. The van der Waals surface area contributed by atoms with Crippen molar-refractivity contribution in [3.63, 3.8) is 0 Å². The molecule has 0 saturated heterocycles. The molecular formula is C15H19NO2S. The molecule has 1 aliphatic rings. The number of amides is 1. The summed E-state index contributed by atoms with van der Waals surface area (Å²) in [6, 6.07) is 8.73. The Kier molecular flexibility index (Phi) is 5.02. The number of ketones is 1. The smallest absolute Gasteiger partial charge is 0.251 e. The fourth-order valence-corrected chi connectivity index (χ4v) is 2.48. The second-order valence-corrected chi connectivity index (χ2v) is 5.84. The maximum absolute atomic E-state index is 12.2. The molecule has 0 aromatic heterocycles. The van der Waals surface area contributed by atoms with Crippen molar-refractivity contribution < 1.29 is 9.59 Å². The molecule has 1 aliphatic carbocycles. The molecular weight excluding hydrogens is 258 g/mol. The van der Waals surface area contributed by atoms with Crippen molar-refractivity contribution in [3.8, 4) is 0 Å². The normalized spacial score (nSPS) is 15.8. The van der Waals surface area contributed by atoms with Crippen LogP contribution in [0.2, 0.25) is 0 Å². The summed E-state index contributed by atoms with van der Waals surface area (Å²) in [5, 5.41) is 2.89. The van der Waals surface area contributed by atoms with E-state index in [9.17, 15) is 9.59 Å². The predicted molar refractivity (Wildman–Crippen MR) is 78.4 cm³/mol. The van der Waals surface area contributed by atoms with Crippen molar-refractivity contribution in [2.45, 2.75) is 25.3 Å². The minimum absolute atomic E-state index is 0.152. The Bertz CT molecular complexity index is 443. The monoisotopic (exact) mass is 277 g/mol. The van der Waals surface area contributed by atoms with Gasteiger partial charge in [0.05, 0.1) is 6.04 Å². The Morgan fingerprint density at radius 2 is 2.00 bits per heavy atom. The molecule has 1 atom stereocenters. The van der Waals surface area contributed by atoms with Gasteiger partial charge in [-0.15, -0.1) is 0 Å². The van der Waals surface area contributed by atoms with Crippen molar-refractivity contribution in [2.75, 3.05) is 12.0 Å². The molecule has 102 valence electrons. The maximum atomic E-state index is 12.2. The van der Waals surface area contributed by atoms with Gasteiger partial charge in [-0.25, -0.2) is 0 Å². The maximum Gasteiger partial charge on any atom is 0.251 e. The van der Waals surface area contributed by atoms with Gasteiger partial charge in [-0.1, -0.05) is 18.2 Å². The predicted octanol–water partition coefficient (Wildman–Crippen LogP) is 2.52. The third kappa shape index (κ3) is 4.10. The summed E-state index contributed by atoms with van der Waals surface area (Å²) in [6.45, 7) is 0. The number of hydrogen-bond acceptors (Lipinski definition) is 3. The molecule has 0 aliphatic heterocycles. The molecule has 1 N–H and O–H groups in total. The van der Waals surface area contributed by atoms with Gasteiger partial charge in [0.25, 0.3) is 5.91 Å². The van der Waals surface area contributed by atoms with Crippen LogP contribution in [0.3, 0.4) is 0 Å². The molecule has 3 nitrogen and oxygen atoms in total. The largest absolute Gasteiger partial charge is 0.342 e. The lowest BCUT2D eigenvalue weighted by Crippen LogP contribution is -2.42. The zero-order valence-corrected chi connectivity index (χ0v) is 11.9. The first-order valence-corrected chi connectivity index (χ1v) is 8.00. The number of thioether (sulfide) groups is 1. The molecule has 1 unspecified atom stereocenters. The fraction of sp³-hybridized carbons (Fsp3) is 0.467. The lowest BCUT2D eigenvalue weighted by atomic mass is 10.1. The molecule has 0 radical (unpaired) electrons. The minimum atomic E-state index is -0.326. The summed E-state index contributed by atoms with van der Waals surface area (Å²) in [6.07, 6.45) is 4.69. The number of benzene rings is 1. The van der Waals surface area contributed by atoms with Gasteiger partial charge >= 0.3 is 0 Å². The zero-order valence-electron chi connectivity index (χ0n) is 11.1. The summed E-state index contributed by atoms with van der Waals surface area (Å²) >= 11 is 1.70. The molecule has 1 saturated carbocycles. The lowest BCUT2D eigenvalue weighted by Gasteiger charge is -2.17. The van der Waals surface area contributed by atoms with E-state index in [1.54, 1.807) is 23.9 Å². The van der Waals surface area contributed by atoms with Gasteiger partial charge in [-0.3, -0.25) is 9.59 Å². The number of Topliss-reactive ketones (excluding diaryl/α,β-unsaturated/α-hetero) is 1. The minimum Gasteiger partial charge on any atom is -0.342 e. The van der Waals surface area contributed by atoms with Crippen LogP contribution in [0.1, 0.15) is 29.6 Å². The van der Waals surface area contributed by atoms with Gasteiger partial charge in [0.2, 0.25) is 0 Å².